The molecule has 0 unspecified atom stereocenters. The van der Waals surface area contributed by atoms with Gasteiger partial charge in [0.25, 0.3) is 0 Å². The highest BCUT2D eigenvalue weighted by Gasteiger charge is 2.09. The van der Waals surface area contributed by atoms with E-state index in [-0.39, 0.29) is 5.75 Å². The fraction of sp³-hybridized carbons (Fsp3) is 0.273. The first kappa shape index (κ1) is 10.1. The number of phenolic OH excluding ortho intramolecular Hbond substituents is 1. The third kappa shape index (κ3) is 2.15. The third-order valence-electron chi connectivity index (χ3n) is 2.15. The summed E-state index contributed by atoms with van der Waals surface area (Å²) in [5, 5.41) is 13.5. The molecule has 1 heterocycles. The first-order valence-electron chi connectivity index (χ1n) is 4.92. The van der Waals surface area contributed by atoms with Crippen molar-refractivity contribution < 1.29 is 5.11 Å². The topological polar surface area (TPSA) is 46.0 Å². The molecule has 0 bridgehead atoms. The molecule has 3 nitrogen and oxygen atoms in total. The molecule has 0 fully saturated rings. The van der Waals surface area contributed by atoms with E-state index in [1.54, 1.807) is 12.1 Å². The number of aromatic nitrogens is 2. The van der Waals surface area contributed by atoms with Crippen LogP contribution in [0.25, 0.3) is 11.3 Å². The minimum atomic E-state index is 0.267. The zero-order valence-electron chi connectivity index (χ0n) is 8.47. The molecule has 0 aliphatic carbocycles. The van der Waals surface area contributed by atoms with Gasteiger partial charge in [0.1, 0.15) is 11.4 Å². The van der Waals surface area contributed by atoms with Crippen LogP contribution in [0.5, 0.6) is 5.75 Å². The van der Waals surface area contributed by atoms with Crippen LogP contribution < -0.4 is 0 Å². The van der Waals surface area contributed by atoms with Gasteiger partial charge in [-0.15, -0.1) is 5.10 Å². The van der Waals surface area contributed by atoms with Gasteiger partial charge in [-0.2, -0.15) is 0 Å². The average molecular weight is 220 g/mol. The number of aromatic hydroxyl groups is 1. The molecule has 78 valence electrons. The Balaban J connectivity index is 2.40. The number of hydrogen-bond donors (Lipinski definition) is 1. The highest BCUT2D eigenvalue weighted by Crippen LogP contribution is 2.27. The second-order valence-electron chi connectivity index (χ2n) is 3.35. The van der Waals surface area contributed by atoms with Crippen LogP contribution in [0.3, 0.4) is 0 Å². The van der Waals surface area contributed by atoms with Crippen LogP contribution in [0.1, 0.15) is 18.2 Å². The largest absolute Gasteiger partial charge is 0.508 e. The van der Waals surface area contributed by atoms with E-state index < -0.39 is 0 Å². The van der Waals surface area contributed by atoms with Crippen molar-refractivity contribution in [1.29, 1.82) is 0 Å². The number of benzene rings is 1. The Morgan fingerprint density at radius 1 is 1.40 bits per heavy atom. The maximum absolute atomic E-state index is 9.39. The molecule has 0 aliphatic rings. The van der Waals surface area contributed by atoms with Gasteiger partial charge >= 0.3 is 0 Å². The zero-order chi connectivity index (χ0) is 10.7. The van der Waals surface area contributed by atoms with Crippen molar-refractivity contribution in [1.82, 2.24) is 9.59 Å². The molecule has 0 spiro atoms. The van der Waals surface area contributed by atoms with Crippen LogP contribution in [-0.4, -0.2) is 14.7 Å². The summed E-state index contributed by atoms with van der Waals surface area (Å²) in [6, 6.07) is 7.13. The lowest BCUT2D eigenvalue weighted by molar-refractivity contribution is 0.475. The van der Waals surface area contributed by atoms with Crippen LogP contribution in [0, 0.1) is 0 Å². The maximum Gasteiger partial charge on any atom is 0.116 e. The van der Waals surface area contributed by atoms with Crippen molar-refractivity contribution in [3.8, 4) is 17.0 Å². The Hall–Kier alpha value is -1.42. The van der Waals surface area contributed by atoms with E-state index in [1.807, 2.05) is 12.1 Å². The summed E-state index contributed by atoms with van der Waals surface area (Å²) in [5.41, 5.74) is 1.84. The summed E-state index contributed by atoms with van der Waals surface area (Å²) in [4.78, 5) is 1.18. The van der Waals surface area contributed by atoms with Gasteiger partial charge < -0.3 is 5.11 Å². The van der Waals surface area contributed by atoms with E-state index in [4.69, 9.17) is 0 Å². The molecule has 4 heteroatoms. The van der Waals surface area contributed by atoms with Gasteiger partial charge in [-0.25, -0.2) is 0 Å². The zero-order valence-corrected chi connectivity index (χ0v) is 9.29. The Kier molecular flexibility index (Phi) is 2.97. The van der Waals surface area contributed by atoms with E-state index in [9.17, 15) is 5.11 Å². The average Bonchev–Trinajstić information content (AvgIpc) is 2.66. The van der Waals surface area contributed by atoms with Gasteiger partial charge in [0.05, 0.1) is 4.88 Å². The summed E-state index contributed by atoms with van der Waals surface area (Å²) >= 11 is 1.43. The summed E-state index contributed by atoms with van der Waals surface area (Å²) in [6.45, 7) is 2.13. The molecule has 0 atom stereocenters. The standard InChI is InChI=1S/C11H12N2OS/c1-2-4-10-11(12-13-15-10)8-5-3-6-9(14)7-8/h3,5-7,14H,2,4H2,1H3. The van der Waals surface area contributed by atoms with E-state index in [0.29, 0.717) is 0 Å². The van der Waals surface area contributed by atoms with Crippen molar-refractivity contribution in [2.75, 3.05) is 0 Å². The maximum atomic E-state index is 9.39. The monoisotopic (exact) mass is 220 g/mol. The van der Waals surface area contributed by atoms with Crippen LogP contribution >= 0.6 is 11.5 Å². The minimum absolute atomic E-state index is 0.267. The van der Waals surface area contributed by atoms with E-state index in [2.05, 4.69) is 16.5 Å². The van der Waals surface area contributed by atoms with Crippen molar-refractivity contribution in [2.45, 2.75) is 19.8 Å². The number of phenols is 1. The third-order valence-corrected chi connectivity index (χ3v) is 2.93. The number of hydrogen-bond acceptors (Lipinski definition) is 4. The lowest BCUT2D eigenvalue weighted by atomic mass is 10.1. The van der Waals surface area contributed by atoms with Crippen molar-refractivity contribution in [3.63, 3.8) is 0 Å². The molecule has 2 aromatic rings. The normalized spacial score (nSPS) is 10.5. The lowest BCUT2D eigenvalue weighted by Crippen LogP contribution is -1.85. The van der Waals surface area contributed by atoms with Gasteiger partial charge in [-0.1, -0.05) is 30.0 Å². The molecule has 0 saturated heterocycles. The summed E-state index contributed by atoms with van der Waals surface area (Å²) in [6.07, 6.45) is 2.07. The number of aryl methyl sites for hydroxylation is 1. The van der Waals surface area contributed by atoms with Gasteiger partial charge in [-0.05, 0) is 30.1 Å². The van der Waals surface area contributed by atoms with Crippen LogP contribution in [0.15, 0.2) is 24.3 Å². The van der Waals surface area contributed by atoms with E-state index in [0.717, 1.165) is 24.1 Å². The quantitative estimate of drug-likeness (QED) is 0.865. The first-order valence-corrected chi connectivity index (χ1v) is 5.69. The van der Waals surface area contributed by atoms with Gasteiger partial charge in [0.15, 0.2) is 0 Å². The summed E-state index contributed by atoms with van der Waals surface area (Å²) in [7, 11) is 0. The molecule has 0 aliphatic heterocycles. The molecular formula is C11H12N2OS. The molecule has 15 heavy (non-hydrogen) atoms. The van der Waals surface area contributed by atoms with Crippen LogP contribution in [-0.2, 0) is 6.42 Å². The second kappa shape index (κ2) is 4.40. The van der Waals surface area contributed by atoms with Crippen molar-refractivity contribution >= 4 is 11.5 Å². The predicted octanol–water partition coefficient (Wildman–Crippen LogP) is 2.86. The Labute approximate surface area is 92.6 Å². The SMILES string of the molecule is CCCc1snnc1-c1cccc(O)c1. The van der Waals surface area contributed by atoms with Gasteiger partial charge in [0, 0.05) is 5.56 Å². The highest BCUT2D eigenvalue weighted by molar-refractivity contribution is 7.05. The first-order chi connectivity index (χ1) is 7.31. The minimum Gasteiger partial charge on any atom is -0.508 e. The Morgan fingerprint density at radius 3 is 3.00 bits per heavy atom. The van der Waals surface area contributed by atoms with Crippen molar-refractivity contribution in [3.05, 3.63) is 29.1 Å². The molecule has 2 rings (SSSR count). The Morgan fingerprint density at radius 2 is 2.27 bits per heavy atom. The fourth-order valence-electron chi connectivity index (χ4n) is 1.47. The van der Waals surface area contributed by atoms with Crippen LogP contribution in [0.2, 0.25) is 0 Å². The lowest BCUT2D eigenvalue weighted by Gasteiger charge is -2.00. The Bertz CT molecular complexity index is 453. The second-order valence-corrected chi connectivity index (χ2v) is 4.18. The van der Waals surface area contributed by atoms with E-state index >= 15 is 0 Å². The van der Waals surface area contributed by atoms with Crippen LogP contribution in [0.4, 0.5) is 0 Å². The molecule has 1 N–H and O–H groups in total. The number of rotatable bonds is 3. The highest BCUT2D eigenvalue weighted by atomic mass is 32.1. The molecule has 0 amide bonds. The molecular weight excluding hydrogens is 208 g/mol. The summed E-state index contributed by atoms with van der Waals surface area (Å²) < 4.78 is 3.96. The van der Waals surface area contributed by atoms with Crippen molar-refractivity contribution in [2.24, 2.45) is 0 Å². The molecule has 0 saturated carbocycles. The molecule has 0 radical (unpaired) electrons. The number of nitrogens with zero attached hydrogens (tertiary/aromatic N) is 2. The summed E-state index contributed by atoms with van der Waals surface area (Å²) in [5.74, 6) is 0.267. The predicted molar refractivity (Wildman–Crippen MR) is 61.0 cm³/mol. The molecule has 1 aromatic heterocycles. The van der Waals surface area contributed by atoms with E-state index in [1.165, 1.54) is 16.4 Å². The van der Waals surface area contributed by atoms with Gasteiger partial charge in [-0.3, -0.25) is 0 Å². The van der Waals surface area contributed by atoms with Gasteiger partial charge in [0.2, 0.25) is 0 Å². The molecule has 1 aromatic carbocycles. The fourth-order valence-corrected chi connectivity index (χ4v) is 2.23. The smallest absolute Gasteiger partial charge is 0.116 e.